The van der Waals surface area contributed by atoms with Crippen LogP contribution in [0.25, 0.3) is 0 Å². The van der Waals surface area contributed by atoms with E-state index in [4.69, 9.17) is 4.74 Å². The van der Waals surface area contributed by atoms with Crippen molar-refractivity contribution in [1.82, 2.24) is 14.3 Å². The first-order chi connectivity index (χ1) is 13.0. The van der Waals surface area contributed by atoms with Crippen molar-refractivity contribution < 1.29 is 13.2 Å². The normalized spacial score (nSPS) is 18.3. The fourth-order valence-corrected chi connectivity index (χ4v) is 5.13. The zero-order valence-electron chi connectivity index (χ0n) is 15.5. The monoisotopic (exact) mass is 388 g/mol. The lowest BCUT2D eigenvalue weighted by Gasteiger charge is -2.34. The first-order valence-electron chi connectivity index (χ1n) is 9.24. The van der Waals surface area contributed by atoms with Crippen molar-refractivity contribution in [1.29, 1.82) is 0 Å². The molecule has 27 heavy (non-hydrogen) atoms. The summed E-state index contributed by atoms with van der Waals surface area (Å²) in [6, 6.07) is 9.32. The van der Waals surface area contributed by atoms with Gasteiger partial charge >= 0.3 is 0 Å². The van der Waals surface area contributed by atoms with Crippen LogP contribution in [0.1, 0.15) is 22.6 Å². The molecule has 1 saturated heterocycles. The number of hydrogen-bond donors (Lipinski definition) is 0. The Morgan fingerprint density at radius 3 is 2.56 bits per heavy atom. The second-order valence-corrected chi connectivity index (χ2v) is 8.91. The zero-order valence-corrected chi connectivity index (χ0v) is 16.3. The maximum atomic E-state index is 13.0. The van der Waals surface area contributed by atoms with E-state index in [0.717, 1.165) is 41.6 Å². The minimum absolute atomic E-state index is 0.0166. The quantitative estimate of drug-likeness (QED) is 0.790. The summed E-state index contributed by atoms with van der Waals surface area (Å²) in [5.74, 6) is 1.61. The Morgan fingerprint density at radius 1 is 1.07 bits per heavy atom. The van der Waals surface area contributed by atoms with E-state index in [1.165, 1.54) is 0 Å². The summed E-state index contributed by atoms with van der Waals surface area (Å²) in [4.78, 5) is 11.4. The van der Waals surface area contributed by atoms with E-state index in [-0.39, 0.29) is 5.75 Å². The first kappa shape index (κ1) is 18.3. The fourth-order valence-electron chi connectivity index (χ4n) is 3.64. The zero-order chi connectivity index (χ0) is 18.9. The van der Waals surface area contributed by atoms with Gasteiger partial charge in [0.05, 0.1) is 24.7 Å². The van der Waals surface area contributed by atoms with Crippen molar-refractivity contribution in [3.8, 4) is 0 Å². The van der Waals surface area contributed by atoms with E-state index < -0.39 is 10.0 Å². The predicted octanol–water partition coefficient (Wildman–Crippen LogP) is 1.51. The van der Waals surface area contributed by atoms with Crippen molar-refractivity contribution in [2.45, 2.75) is 25.6 Å². The standard InChI is InChI=1S/C19H24N4O3S/c1-15-20-18-7-8-23(27(24,25)14-16-5-3-2-4-6-16)13-17(18)19(21-15)22-9-11-26-12-10-22/h2-6H,7-14H2,1H3. The maximum Gasteiger partial charge on any atom is 0.218 e. The molecule has 8 heteroatoms. The topological polar surface area (TPSA) is 75.6 Å². The second kappa shape index (κ2) is 7.53. The van der Waals surface area contributed by atoms with E-state index in [1.54, 1.807) is 4.31 Å². The highest BCUT2D eigenvalue weighted by Crippen LogP contribution is 2.29. The number of aromatic nitrogens is 2. The molecule has 0 N–H and O–H groups in total. The summed E-state index contributed by atoms with van der Waals surface area (Å²) >= 11 is 0. The Morgan fingerprint density at radius 2 is 1.81 bits per heavy atom. The van der Waals surface area contributed by atoms with Crippen LogP contribution in [0.4, 0.5) is 5.82 Å². The highest BCUT2D eigenvalue weighted by Gasteiger charge is 2.31. The molecule has 0 amide bonds. The number of morpholine rings is 1. The van der Waals surface area contributed by atoms with Crippen LogP contribution < -0.4 is 4.90 Å². The van der Waals surface area contributed by atoms with Gasteiger partial charge < -0.3 is 9.64 Å². The predicted molar refractivity (Wildman–Crippen MR) is 103 cm³/mol. The fraction of sp³-hybridized carbons (Fsp3) is 0.474. The molecule has 144 valence electrons. The number of nitrogens with zero attached hydrogens (tertiary/aromatic N) is 4. The van der Waals surface area contributed by atoms with Gasteiger partial charge in [-0.25, -0.2) is 18.4 Å². The Hall–Kier alpha value is -2.03. The molecular weight excluding hydrogens is 364 g/mol. The minimum atomic E-state index is -3.40. The van der Waals surface area contributed by atoms with Crippen molar-refractivity contribution >= 4 is 15.8 Å². The molecule has 0 bridgehead atoms. The number of rotatable bonds is 4. The molecule has 1 fully saturated rings. The number of anilines is 1. The van der Waals surface area contributed by atoms with Crippen LogP contribution >= 0.6 is 0 Å². The van der Waals surface area contributed by atoms with E-state index >= 15 is 0 Å². The lowest BCUT2D eigenvalue weighted by atomic mass is 10.1. The Kier molecular flexibility index (Phi) is 5.12. The number of fused-ring (bicyclic) bond motifs is 1. The number of aryl methyl sites for hydroxylation is 1. The van der Waals surface area contributed by atoms with Gasteiger partial charge in [-0.05, 0) is 12.5 Å². The Bertz CT molecular complexity index is 912. The van der Waals surface area contributed by atoms with Crippen LogP contribution in [0.3, 0.4) is 0 Å². The first-order valence-corrected chi connectivity index (χ1v) is 10.8. The van der Waals surface area contributed by atoms with E-state index in [2.05, 4.69) is 14.9 Å². The van der Waals surface area contributed by atoms with Gasteiger partial charge in [0.1, 0.15) is 11.6 Å². The van der Waals surface area contributed by atoms with Crippen LogP contribution in [0.5, 0.6) is 0 Å². The number of sulfonamides is 1. The van der Waals surface area contributed by atoms with Gasteiger partial charge in [-0.15, -0.1) is 0 Å². The van der Waals surface area contributed by atoms with Crippen LogP contribution in [0.15, 0.2) is 30.3 Å². The molecule has 1 aromatic carbocycles. The summed E-state index contributed by atoms with van der Waals surface area (Å²) in [6.45, 7) is 5.53. The molecule has 4 rings (SSSR count). The molecule has 1 aromatic heterocycles. The number of benzene rings is 1. The van der Waals surface area contributed by atoms with Gasteiger partial charge in [0, 0.05) is 38.2 Å². The van der Waals surface area contributed by atoms with Gasteiger partial charge in [-0.1, -0.05) is 30.3 Å². The highest BCUT2D eigenvalue weighted by atomic mass is 32.2. The van der Waals surface area contributed by atoms with Crippen LogP contribution in [0.2, 0.25) is 0 Å². The van der Waals surface area contributed by atoms with E-state index in [0.29, 0.717) is 32.7 Å². The van der Waals surface area contributed by atoms with Gasteiger partial charge in [0.15, 0.2) is 0 Å². The smallest absolute Gasteiger partial charge is 0.218 e. The van der Waals surface area contributed by atoms with Crippen LogP contribution in [-0.2, 0) is 33.5 Å². The van der Waals surface area contributed by atoms with Crippen LogP contribution in [-0.4, -0.2) is 55.5 Å². The maximum absolute atomic E-state index is 13.0. The second-order valence-electron chi connectivity index (χ2n) is 6.94. The summed E-state index contributed by atoms with van der Waals surface area (Å²) in [6.07, 6.45) is 0.615. The number of ether oxygens (including phenoxy) is 1. The lowest BCUT2D eigenvalue weighted by molar-refractivity contribution is 0.122. The Balaban J connectivity index is 1.62. The molecule has 0 unspecified atom stereocenters. The van der Waals surface area contributed by atoms with Gasteiger partial charge in [-0.2, -0.15) is 4.31 Å². The molecular formula is C19H24N4O3S. The van der Waals surface area contributed by atoms with E-state index in [9.17, 15) is 8.42 Å². The SMILES string of the molecule is Cc1nc2c(c(N3CCOCC3)n1)CN(S(=O)(=O)Cc1ccccc1)CC2. The highest BCUT2D eigenvalue weighted by molar-refractivity contribution is 7.88. The molecule has 0 atom stereocenters. The van der Waals surface area contributed by atoms with Crippen molar-refractivity contribution in [2.24, 2.45) is 0 Å². The molecule has 2 aliphatic rings. The molecule has 3 heterocycles. The molecule has 0 aliphatic carbocycles. The third-order valence-corrected chi connectivity index (χ3v) is 6.81. The average Bonchev–Trinajstić information content (AvgIpc) is 2.68. The number of hydrogen-bond acceptors (Lipinski definition) is 6. The lowest BCUT2D eigenvalue weighted by Crippen LogP contribution is -2.41. The summed E-state index contributed by atoms with van der Waals surface area (Å²) < 4.78 is 33.0. The molecule has 7 nitrogen and oxygen atoms in total. The van der Waals surface area contributed by atoms with Gasteiger partial charge in [0.25, 0.3) is 0 Å². The summed E-state index contributed by atoms with van der Waals surface area (Å²) in [7, 11) is -3.40. The largest absolute Gasteiger partial charge is 0.378 e. The summed E-state index contributed by atoms with van der Waals surface area (Å²) in [5, 5.41) is 0. The third-order valence-electron chi connectivity index (χ3n) is 5.01. The minimum Gasteiger partial charge on any atom is -0.378 e. The summed E-state index contributed by atoms with van der Waals surface area (Å²) in [5.41, 5.74) is 2.71. The van der Waals surface area contributed by atoms with E-state index in [1.807, 2.05) is 37.3 Å². The van der Waals surface area contributed by atoms with Crippen LogP contribution in [0, 0.1) is 6.92 Å². The van der Waals surface area contributed by atoms with Crippen molar-refractivity contribution in [3.05, 3.63) is 53.0 Å². The Labute approximate surface area is 160 Å². The third kappa shape index (κ3) is 3.97. The van der Waals surface area contributed by atoms with Crippen molar-refractivity contribution in [2.75, 3.05) is 37.7 Å². The molecule has 0 spiro atoms. The van der Waals surface area contributed by atoms with Gasteiger partial charge in [0.2, 0.25) is 10.0 Å². The molecule has 2 aromatic rings. The van der Waals surface area contributed by atoms with Gasteiger partial charge in [-0.3, -0.25) is 0 Å². The molecule has 0 saturated carbocycles. The average molecular weight is 388 g/mol. The van der Waals surface area contributed by atoms with Crippen molar-refractivity contribution in [3.63, 3.8) is 0 Å². The molecule has 0 radical (unpaired) electrons. The molecule has 2 aliphatic heterocycles.